The number of halogens is 1. The smallest absolute Gasteiger partial charge is 0.229 e. The van der Waals surface area contributed by atoms with E-state index in [-0.39, 0.29) is 24.0 Å². The Labute approximate surface area is 167 Å². The Morgan fingerprint density at radius 3 is 2.68 bits per heavy atom. The normalized spacial score (nSPS) is 18.4. The maximum Gasteiger partial charge on any atom is 0.229 e. The lowest BCUT2D eigenvalue weighted by Gasteiger charge is -2.31. The lowest BCUT2D eigenvalue weighted by Crippen LogP contribution is -2.43. The third kappa shape index (κ3) is 8.13. The summed E-state index contributed by atoms with van der Waals surface area (Å²) in [6.07, 6.45) is 3.52. The summed E-state index contributed by atoms with van der Waals surface area (Å²) >= 11 is 0. The number of piperidine rings is 1. The molecule has 1 aliphatic rings. The highest BCUT2D eigenvalue weighted by Crippen LogP contribution is 2.17. The number of aliphatic imine (C=N–C) groups is 1. The van der Waals surface area contributed by atoms with Crippen LogP contribution in [0.25, 0.3) is 0 Å². The van der Waals surface area contributed by atoms with Crippen LogP contribution < -0.4 is 15.2 Å². The van der Waals surface area contributed by atoms with Crippen LogP contribution in [0.15, 0.2) is 29.3 Å². The number of ether oxygens (including phenoxy) is 1. The summed E-state index contributed by atoms with van der Waals surface area (Å²) < 4.78 is 30.3. The van der Waals surface area contributed by atoms with E-state index in [9.17, 15) is 8.42 Å². The van der Waals surface area contributed by atoms with Crippen molar-refractivity contribution in [2.75, 3.05) is 37.2 Å². The van der Waals surface area contributed by atoms with Crippen LogP contribution in [-0.4, -0.2) is 51.8 Å². The fourth-order valence-electron chi connectivity index (χ4n) is 2.65. The number of nitrogens with one attached hydrogen (secondary N) is 1. The summed E-state index contributed by atoms with van der Waals surface area (Å²) in [5, 5.41) is 0. The molecule has 0 aliphatic carbocycles. The number of hydrogen-bond donors (Lipinski definition) is 2. The standard InChI is InChI=1S/C16H26N4O3S.HI/c1-13-4-3-10-20(12-13)16(17)18-9-11-23-15-7-5-14(6-8-15)19-24(2,21)22;/h5-8,13,19H,3-4,9-12H2,1-2H3,(H2,17,18);1H. The largest absolute Gasteiger partial charge is 0.492 e. The highest BCUT2D eigenvalue weighted by atomic mass is 127. The summed E-state index contributed by atoms with van der Waals surface area (Å²) in [5.74, 6) is 1.90. The Kier molecular flexibility index (Phi) is 8.77. The average Bonchev–Trinajstić information content (AvgIpc) is 2.51. The molecule has 9 heteroatoms. The van der Waals surface area contributed by atoms with Crippen molar-refractivity contribution in [2.45, 2.75) is 19.8 Å². The van der Waals surface area contributed by atoms with E-state index in [1.165, 1.54) is 6.42 Å². The van der Waals surface area contributed by atoms with Crippen LogP contribution in [0.4, 0.5) is 5.69 Å². The molecule has 1 atom stereocenters. The predicted molar refractivity (Wildman–Crippen MR) is 112 cm³/mol. The molecule has 1 saturated heterocycles. The number of anilines is 1. The quantitative estimate of drug-likeness (QED) is 0.280. The molecule has 1 fully saturated rings. The molecule has 2 rings (SSSR count). The summed E-state index contributed by atoms with van der Waals surface area (Å²) in [4.78, 5) is 6.49. The molecule has 0 saturated carbocycles. The second kappa shape index (κ2) is 10.0. The maximum atomic E-state index is 11.1. The molecular weight excluding hydrogens is 455 g/mol. The zero-order valence-corrected chi connectivity index (χ0v) is 17.8. The highest BCUT2D eigenvalue weighted by molar-refractivity contribution is 14.0. The van der Waals surface area contributed by atoms with Crippen LogP contribution in [-0.2, 0) is 10.0 Å². The van der Waals surface area contributed by atoms with Crippen LogP contribution in [0.2, 0.25) is 0 Å². The summed E-state index contributed by atoms with van der Waals surface area (Å²) in [7, 11) is -3.26. The number of guanidine groups is 1. The van der Waals surface area contributed by atoms with E-state index in [0.29, 0.717) is 36.5 Å². The highest BCUT2D eigenvalue weighted by Gasteiger charge is 2.17. The summed E-state index contributed by atoms with van der Waals surface area (Å²) in [6, 6.07) is 6.74. The number of rotatable bonds is 6. The van der Waals surface area contributed by atoms with Crippen LogP contribution in [0.3, 0.4) is 0 Å². The molecule has 0 spiro atoms. The minimum absolute atomic E-state index is 0. The topological polar surface area (TPSA) is 97.0 Å². The Balaban J connectivity index is 0.00000312. The van der Waals surface area contributed by atoms with E-state index in [4.69, 9.17) is 10.5 Å². The van der Waals surface area contributed by atoms with Crippen molar-refractivity contribution in [2.24, 2.45) is 16.6 Å². The Hall–Kier alpha value is -1.23. The van der Waals surface area contributed by atoms with Crippen LogP contribution >= 0.6 is 24.0 Å². The minimum Gasteiger partial charge on any atom is -0.492 e. The molecular formula is C16H27IN4O3S. The number of hydrogen-bond acceptors (Lipinski definition) is 4. The molecule has 0 radical (unpaired) electrons. The average molecular weight is 482 g/mol. The van der Waals surface area contributed by atoms with Gasteiger partial charge in [-0.05, 0) is 43.0 Å². The third-order valence-electron chi connectivity index (χ3n) is 3.77. The maximum absolute atomic E-state index is 11.1. The molecule has 3 N–H and O–H groups in total. The molecule has 25 heavy (non-hydrogen) atoms. The fourth-order valence-corrected chi connectivity index (χ4v) is 3.22. The molecule has 142 valence electrons. The van der Waals surface area contributed by atoms with Crippen LogP contribution in [0.1, 0.15) is 19.8 Å². The van der Waals surface area contributed by atoms with Gasteiger partial charge in [0.1, 0.15) is 12.4 Å². The first-order valence-corrected chi connectivity index (χ1v) is 9.98. The van der Waals surface area contributed by atoms with E-state index in [1.807, 2.05) is 0 Å². The third-order valence-corrected chi connectivity index (χ3v) is 4.38. The predicted octanol–water partition coefficient (Wildman–Crippen LogP) is 2.10. The first kappa shape index (κ1) is 21.8. The van der Waals surface area contributed by atoms with E-state index in [1.54, 1.807) is 24.3 Å². The second-order valence-electron chi connectivity index (χ2n) is 6.18. The molecule has 0 aromatic heterocycles. The molecule has 1 heterocycles. The number of likely N-dealkylation sites (tertiary alicyclic amines) is 1. The van der Waals surface area contributed by atoms with Crippen LogP contribution in [0, 0.1) is 5.92 Å². The van der Waals surface area contributed by atoms with E-state index in [0.717, 1.165) is 25.8 Å². The molecule has 0 bridgehead atoms. The molecule has 1 aromatic carbocycles. The lowest BCUT2D eigenvalue weighted by molar-refractivity contribution is 0.269. The monoisotopic (exact) mass is 482 g/mol. The van der Waals surface area contributed by atoms with Gasteiger partial charge in [0, 0.05) is 18.8 Å². The van der Waals surface area contributed by atoms with Gasteiger partial charge >= 0.3 is 0 Å². The van der Waals surface area contributed by atoms with Crippen molar-refractivity contribution in [3.63, 3.8) is 0 Å². The SMILES string of the molecule is CC1CCCN(C(N)=NCCOc2ccc(NS(C)(=O)=O)cc2)C1.I. The van der Waals surface area contributed by atoms with Crippen molar-refractivity contribution in [3.05, 3.63) is 24.3 Å². The van der Waals surface area contributed by atoms with Gasteiger partial charge in [-0.3, -0.25) is 4.72 Å². The lowest BCUT2D eigenvalue weighted by atomic mass is 10.0. The fraction of sp³-hybridized carbons (Fsp3) is 0.562. The zero-order chi connectivity index (χ0) is 17.6. The Morgan fingerprint density at radius 1 is 1.40 bits per heavy atom. The van der Waals surface area contributed by atoms with Gasteiger partial charge in [0.05, 0.1) is 12.8 Å². The van der Waals surface area contributed by atoms with Crippen molar-refractivity contribution < 1.29 is 13.2 Å². The van der Waals surface area contributed by atoms with E-state index in [2.05, 4.69) is 21.5 Å². The van der Waals surface area contributed by atoms with Gasteiger partial charge in [-0.15, -0.1) is 24.0 Å². The zero-order valence-electron chi connectivity index (χ0n) is 14.6. The summed E-state index contributed by atoms with van der Waals surface area (Å²) in [6.45, 7) is 5.06. The molecule has 0 amide bonds. The van der Waals surface area contributed by atoms with Gasteiger partial charge in [-0.1, -0.05) is 6.92 Å². The first-order valence-electron chi connectivity index (χ1n) is 8.09. The van der Waals surface area contributed by atoms with Gasteiger partial charge in [-0.2, -0.15) is 0 Å². The first-order chi connectivity index (χ1) is 11.3. The molecule has 1 aromatic rings. The van der Waals surface area contributed by atoms with Crippen molar-refractivity contribution in [3.8, 4) is 5.75 Å². The van der Waals surface area contributed by atoms with E-state index < -0.39 is 10.0 Å². The molecule has 1 aliphatic heterocycles. The van der Waals surface area contributed by atoms with Gasteiger partial charge in [0.25, 0.3) is 0 Å². The Morgan fingerprint density at radius 2 is 2.08 bits per heavy atom. The molecule has 1 unspecified atom stereocenters. The number of nitrogens with two attached hydrogens (primary N) is 1. The second-order valence-corrected chi connectivity index (χ2v) is 7.93. The van der Waals surface area contributed by atoms with Gasteiger partial charge in [-0.25, -0.2) is 13.4 Å². The van der Waals surface area contributed by atoms with Gasteiger partial charge in [0.2, 0.25) is 10.0 Å². The van der Waals surface area contributed by atoms with Crippen molar-refractivity contribution >= 4 is 45.6 Å². The minimum atomic E-state index is -3.26. The van der Waals surface area contributed by atoms with Crippen LogP contribution in [0.5, 0.6) is 5.75 Å². The number of benzene rings is 1. The molecule has 7 nitrogen and oxygen atoms in total. The number of nitrogens with zero attached hydrogens (tertiary/aromatic N) is 2. The van der Waals surface area contributed by atoms with Crippen molar-refractivity contribution in [1.82, 2.24) is 4.90 Å². The van der Waals surface area contributed by atoms with Crippen molar-refractivity contribution in [1.29, 1.82) is 0 Å². The number of sulfonamides is 1. The van der Waals surface area contributed by atoms with E-state index >= 15 is 0 Å². The van der Waals surface area contributed by atoms with Gasteiger partial charge < -0.3 is 15.4 Å². The van der Waals surface area contributed by atoms with Gasteiger partial charge in [0.15, 0.2) is 5.96 Å². The summed E-state index contributed by atoms with van der Waals surface area (Å²) in [5.41, 5.74) is 6.53. The Bertz CT molecular complexity index is 664.